The third kappa shape index (κ3) is 2.69. The molecule has 1 N–H and O–H groups in total. The number of para-hydroxylation sites is 1. The average Bonchev–Trinajstić information content (AvgIpc) is 3.06. The van der Waals surface area contributed by atoms with Crippen molar-refractivity contribution in [2.24, 2.45) is 13.0 Å². The van der Waals surface area contributed by atoms with Crippen LogP contribution in [0.4, 0.5) is 15.9 Å². The Kier molecular flexibility index (Phi) is 3.62. The quantitative estimate of drug-likeness (QED) is 0.935. The van der Waals surface area contributed by atoms with E-state index in [1.807, 2.05) is 0 Å². The number of benzene rings is 1. The van der Waals surface area contributed by atoms with Gasteiger partial charge in [-0.05, 0) is 12.1 Å². The second-order valence-electron chi connectivity index (χ2n) is 5.22. The predicted octanol–water partition coefficient (Wildman–Crippen LogP) is 1.55. The van der Waals surface area contributed by atoms with Crippen molar-refractivity contribution in [3.63, 3.8) is 0 Å². The summed E-state index contributed by atoms with van der Waals surface area (Å²) in [4.78, 5) is 25.6. The van der Waals surface area contributed by atoms with Gasteiger partial charge in [-0.25, -0.2) is 4.39 Å². The van der Waals surface area contributed by atoms with Crippen LogP contribution in [0.2, 0.25) is 0 Å². The van der Waals surface area contributed by atoms with Gasteiger partial charge in [0.25, 0.3) is 0 Å². The second kappa shape index (κ2) is 5.59. The molecule has 2 heterocycles. The van der Waals surface area contributed by atoms with Crippen molar-refractivity contribution in [2.45, 2.75) is 6.42 Å². The van der Waals surface area contributed by atoms with Gasteiger partial charge < -0.3 is 10.2 Å². The molecule has 22 heavy (non-hydrogen) atoms. The zero-order valence-corrected chi connectivity index (χ0v) is 12.0. The largest absolute Gasteiger partial charge is 0.309 e. The Hall–Kier alpha value is -2.70. The first-order valence-electron chi connectivity index (χ1n) is 6.90. The van der Waals surface area contributed by atoms with E-state index in [0.29, 0.717) is 5.82 Å². The molecular weight excluding hydrogens is 287 g/mol. The molecule has 0 spiro atoms. The van der Waals surface area contributed by atoms with Crippen LogP contribution in [0.15, 0.2) is 36.5 Å². The number of anilines is 2. The van der Waals surface area contributed by atoms with Crippen LogP contribution in [-0.2, 0) is 16.6 Å². The molecule has 1 unspecified atom stereocenters. The first-order valence-corrected chi connectivity index (χ1v) is 6.90. The van der Waals surface area contributed by atoms with Crippen LogP contribution < -0.4 is 10.2 Å². The fraction of sp³-hybridized carbons (Fsp3) is 0.267. The Labute approximate surface area is 126 Å². The molecule has 1 aliphatic heterocycles. The van der Waals surface area contributed by atoms with Gasteiger partial charge in [-0.3, -0.25) is 14.3 Å². The fourth-order valence-corrected chi connectivity index (χ4v) is 2.50. The van der Waals surface area contributed by atoms with Crippen molar-refractivity contribution in [1.82, 2.24) is 9.78 Å². The van der Waals surface area contributed by atoms with Crippen LogP contribution in [0.1, 0.15) is 6.42 Å². The molecular formula is C15H15FN4O2. The van der Waals surface area contributed by atoms with E-state index in [4.69, 9.17) is 0 Å². The van der Waals surface area contributed by atoms with Crippen LogP contribution in [0.5, 0.6) is 0 Å². The maximum absolute atomic E-state index is 13.8. The molecule has 7 heteroatoms. The molecule has 0 bridgehead atoms. The lowest BCUT2D eigenvalue weighted by Gasteiger charge is -2.17. The molecule has 114 valence electrons. The zero-order valence-electron chi connectivity index (χ0n) is 12.0. The maximum atomic E-state index is 13.8. The molecule has 0 radical (unpaired) electrons. The Bertz CT molecular complexity index is 728. The summed E-state index contributed by atoms with van der Waals surface area (Å²) < 4.78 is 15.4. The number of hydrogen-bond donors (Lipinski definition) is 1. The summed E-state index contributed by atoms with van der Waals surface area (Å²) in [7, 11) is 1.74. The lowest BCUT2D eigenvalue weighted by Crippen LogP contribution is -2.28. The highest BCUT2D eigenvalue weighted by Gasteiger charge is 2.36. The molecule has 1 fully saturated rings. The minimum absolute atomic E-state index is 0.0625. The molecule has 6 nitrogen and oxygen atoms in total. The highest BCUT2D eigenvalue weighted by molar-refractivity contribution is 6.03. The molecule has 1 aliphatic rings. The van der Waals surface area contributed by atoms with Crippen molar-refractivity contribution in [3.8, 4) is 0 Å². The molecule has 3 rings (SSSR count). The maximum Gasteiger partial charge on any atom is 0.231 e. The van der Waals surface area contributed by atoms with Crippen LogP contribution in [-0.4, -0.2) is 28.1 Å². The van der Waals surface area contributed by atoms with E-state index in [9.17, 15) is 14.0 Å². The number of nitrogens with zero attached hydrogens (tertiary/aromatic N) is 3. The number of aryl methyl sites for hydroxylation is 1. The van der Waals surface area contributed by atoms with E-state index < -0.39 is 11.7 Å². The van der Waals surface area contributed by atoms with Gasteiger partial charge in [-0.1, -0.05) is 12.1 Å². The zero-order chi connectivity index (χ0) is 15.7. The summed E-state index contributed by atoms with van der Waals surface area (Å²) in [5.74, 6) is -1.10. The summed E-state index contributed by atoms with van der Waals surface area (Å²) in [5, 5.41) is 6.73. The molecule has 2 amide bonds. The van der Waals surface area contributed by atoms with Gasteiger partial charge in [-0.2, -0.15) is 5.10 Å². The molecule has 1 saturated heterocycles. The van der Waals surface area contributed by atoms with Gasteiger partial charge in [0.15, 0.2) is 5.82 Å². The molecule has 0 aliphatic carbocycles. The number of nitrogens with one attached hydrogen (secondary N) is 1. The number of carbonyl (C=O) groups excluding carboxylic acids is 2. The first kappa shape index (κ1) is 14.2. The Morgan fingerprint density at radius 3 is 2.82 bits per heavy atom. The van der Waals surface area contributed by atoms with Gasteiger partial charge in [0.05, 0.1) is 11.6 Å². The normalized spacial score (nSPS) is 17.8. The summed E-state index contributed by atoms with van der Waals surface area (Å²) in [5.41, 5.74) is 0.209. The molecule has 2 aromatic rings. The van der Waals surface area contributed by atoms with Gasteiger partial charge in [0.2, 0.25) is 11.8 Å². The Balaban J connectivity index is 1.71. The first-order chi connectivity index (χ1) is 10.5. The molecule has 1 atom stereocenters. The van der Waals surface area contributed by atoms with E-state index in [1.165, 1.54) is 17.0 Å². The SMILES string of the molecule is Cn1ccc(NC(=O)C2CC(=O)N(c3ccccc3F)C2)n1. The Morgan fingerprint density at radius 1 is 1.36 bits per heavy atom. The number of aromatic nitrogens is 2. The van der Waals surface area contributed by atoms with E-state index in [2.05, 4.69) is 10.4 Å². The number of halogens is 1. The number of amides is 2. The van der Waals surface area contributed by atoms with E-state index in [0.717, 1.165) is 0 Å². The highest BCUT2D eigenvalue weighted by atomic mass is 19.1. The number of carbonyl (C=O) groups is 2. The van der Waals surface area contributed by atoms with Crippen molar-refractivity contribution in [1.29, 1.82) is 0 Å². The average molecular weight is 302 g/mol. The fourth-order valence-electron chi connectivity index (χ4n) is 2.50. The summed E-state index contributed by atoms with van der Waals surface area (Å²) in [6.45, 7) is 0.165. The lowest BCUT2D eigenvalue weighted by molar-refractivity contribution is -0.122. The predicted molar refractivity (Wildman–Crippen MR) is 78.7 cm³/mol. The Morgan fingerprint density at radius 2 is 2.14 bits per heavy atom. The number of hydrogen-bond acceptors (Lipinski definition) is 3. The van der Waals surface area contributed by atoms with E-state index >= 15 is 0 Å². The molecule has 0 saturated carbocycles. The molecule has 1 aromatic carbocycles. The number of rotatable bonds is 3. The van der Waals surface area contributed by atoms with E-state index in [-0.39, 0.29) is 30.5 Å². The van der Waals surface area contributed by atoms with Crippen LogP contribution in [0.3, 0.4) is 0 Å². The van der Waals surface area contributed by atoms with Gasteiger partial charge in [-0.15, -0.1) is 0 Å². The van der Waals surface area contributed by atoms with Crippen molar-refractivity contribution in [2.75, 3.05) is 16.8 Å². The van der Waals surface area contributed by atoms with Gasteiger partial charge in [0.1, 0.15) is 5.82 Å². The van der Waals surface area contributed by atoms with Crippen LogP contribution in [0.25, 0.3) is 0 Å². The van der Waals surface area contributed by atoms with E-state index in [1.54, 1.807) is 36.1 Å². The van der Waals surface area contributed by atoms with Crippen molar-refractivity contribution >= 4 is 23.3 Å². The minimum atomic E-state index is -0.519. The van der Waals surface area contributed by atoms with Gasteiger partial charge in [0, 0.05) is 32.3 Å². The second-order valence-corrected chi connectivity index (χ2v) is 5.22. The topological polar surface area (TPSA) is 67.2 Å². The lowest BCUT2D eigenvalue weighted by atomic mass is 10.1. The highest BCUT2D eigenvalue weighted by Crippen LogP contribution is 2.27. The third-order valence-electron chi connectivity index (χ3n) is 3.60. The summed E-state index contributed by atoms with van der Waals surface area (Å²) in [6, 6.07) is 7.72. The monoisotopic (exact) mass is 302 g/mol. The summed E-state index contributed by atoms with van der Waals surface area (Å²) >= 11 is 0. The smallest absolute Gasteiger partial charge is 0.231 e. The molecule has 1 aromatic heterocycles. The summed E-state index contributed by atoms with van der Waals surface area (Å²) in [6.07, 6.45) is 1.77. The van der Waals surface area contributed by atoms with Crippen molar-refractivity contribution in [3.05, 3.63) is 42.3 Å². The van der Waals surface area contributed by atoms with Gasteiger partial charge >= 0.3 is 0 Å². The van der Waals surface area contributed by atoms with Crippen molar-refractivity contribution < 1.29 is 14.0 Å². The van der Waals surface area contributed by atoms with Crippen LogP contribution >= 0.6 is 0 Å². The third-order valence-corrected chi connectivity index (χ3v) is 3.60. The standard InChI is InChI=1S/C15H15FN4O2/c1-19-7-6-13(18-19)17-15(22)10-8-14(21)20(9-10)12-5-3-2-4-11(12)16/h2-7,10H,8-9H2,1H3,(H,17,18,22). The van der Waals surface area contributed by atoms with Crippen LogP contribution in [0, 0.1) is 11.7 Å². The minimum Gasteiger partial charge on any atom is -0.309 e.